The van der Waals surface area contributed by atoms with Crippen LogP contribution in [0, 0.1) is 0 Å². The first kappa shape index (κ1) is 14.4. The Hall–Kier alpha value is -1.55. The minimum atomic E-state index is -0.0861. The van der Waals surface area contributed by atoms with Gasteiger partial charge in [0.1, 0.15) is 11.8 Å². The highest BCUT2D eigenvalue weighted by Crippen LogP contribution is 2.26. The van der Waals surface area contributed by atoms with Gasteiger partial charge in [-0.05, 0) is 43.0 Å². The van der Waals surface area contributed by atoms with E-state index in [1.807, 2.05) is 0 Å². The van der Waals surface area contributed by atoms with Crippen LogP contribution in [0.1, 0.15) is 30.4 Å². The molecule has 1 unspecified atom stereocenters. The highest BCUT2D eigenvalue weighted by molar-refractivity contribution is 5.75. The van der Waals surface area contributed by atoms with Crippen LogP contribution in [0.4, 0.5) is 0 Å². The van der Waals surface area contributed by atoms with E-state index in [0.717, 1.165) is 51.1 Å². The molecule has 21 heavy (non-hydrogen) atoms. The molecule has 1 aromatic rings. The number of methoxy groups -OCH3 is 1. The van der Waals surface area contributed by atoms with Gasteiger partial charge in [0.2, 0.25) is 0 Å². The first-order valence-corrected chi connectivity index (χ1v) is 7.84. The van der Waals surface area contributed by atoms with E-state index >= 15 is 0 Å². The van der Waals surface area contributed by atoms with Crippen molar-refractivity contribution in [3.63, 3.8) is 0 Å². The summed E-state index contributed by atoms with van der Waals surface area (Å²) in [5.74, 6) is 0.946. The minimum absolute atomic E-state index is 0.0542. The third-order valence-electron chi connectivity index (χ3n) is 4.53. The minimum Gasteiger partial charge on any atom is -0.493 e. The van der Waals surface area contributed by atoms with Crippen LogP contribution in [0.3, 0.4) is 0 Å². The molecular formula is C17H23NO3. The van der Waals surface area contributed by atoms with Gasteiger partial charge < -0.3 is 9.47 Å². The molecule has 114 valence electrons. The molecule has 0 aromatic heterocycles. The Morgan fingerprint density at radius 2 is 2.33 bits per heavy atom. The Morgan fingerprint density at radius 1 is 1.43 bits per heavy atom. The Labute approximate surface area is 126 Å². The summed E-state index contributed by atoms with van der Waals surface area (Å²) in [7, 11) is 1.48. The molecule has 0 amide bonds. The molecular weight excluding hydrogens is 266 g/mol. The first-order chi connectivity index (χ1) is 10.3. The maximum atomic E-state index is 11.9. The van der Waals surface area contributed by atoms with Crippen LogP contribution < -0.4 is 4.74 Å². The molecule has 0 spiro atoms. The van der Waals surface area contributed by atoms with Crippen molar-refractivity contribution in [2.24, 2.45) is 0 Å². The maximum Gasteiger partial charge on any atom is 0.323 e. The van der Waals surface area contributed by atoms with Gasteiger partial charge >= 0.3 is 5.97 Å². The summed E-state index contributed by atoms with van der Waals surface area (Å²) in [6.45, 7) is 2.71. The SMILES string of the molecule is COC(=O)C1CCCCN1CCc1ccc2c(c1)CCO2. The number of hydrogen-bond donors (Lipinski definition) is 0. The van der Waals surface area contributed by atoms with Gasteiger partial charge in [-0.2, -0.15) is 0 Å². The summed E-state index contributed by atoms with van der Waals surface area (Å²) >= 11 is 0. The molecule has 2 aliphatic rings. The van der Waals surface area contributed by atoms with Crippen molar-refractivity contribution in [1.82, 2.24) is 4.90 Å². The number of fused-ring (bicyclic) bond motifs is 1. The van der Waals surface area contributed by atoms with E-state index in [2.05, 4.69) is 23.1 Å². The standard InChI is InChI=1S/C17H23NO3/c1-20-17(19)15-4-2-3-9-18(15)10-7-13-5-6-16-14(12-13)8-11-21-16/h5-6,12,15H,2-4,7-11H2,1H3. The van der Waals surface area contributed by atoms with Gasteiger partial charge in [0.15, 0.2) is 0 Å². The van der Waals surface area contributed by atoms with Crippen LogP contribution in [0.15, 0.2) is 18.2 Å². The van der Waals surface area contributed by atoms with E-state index in [4.69, 9.17) is 9.47 Å². The monoisotopic (exact) mass is 289 g/mol. The second-order valence-corrected chi connectivity index (χ2v) is 5.86. The maximum absolute atomic E-state index is 11.9. The van der Waals surface area contributed by atoms with Crippen molar-refractivity contribution in [2.45, 2.75) is 38.1 Å². The number of benzene rings is 1. The molecule has 0 bridgehead atoms. The topological polar surface area (TPSA) is 38.8 Å². The van der Waals surface area contributed by atoms with Gasteiger partial charge in [-0.3, -0.25) is 9.69 Å². The quantitative estimate of drug-likeness (QED) is 0.797. The molecule has 4 nitrogen and oxygen atoms in total. The summed E-state index contributed by atoms with van der Waals surface area (Å²) in [4.78, 5) is 14.1. The number of nitrogens with zero attached hydrogens (tertiary/aromatic N) is 1. The van der Waals surface area contributed by atoms with E-state index in [-0.39, 0.29) is 12.0 Å². The van der Waals surface area contributed by atoms with E-state index < -0.39 is 0 Å². The fourth-order valence-corrected chi connectivity index (χ4v) is 3.33. The number of esters is 1. The summed E-state index contributed by atoms with van der Waals surface area (Å²) in [6.07, 6.45) is 5.20. The molecule has 0 N–H and O–H groups in total. The highest BCUT2D eigenvalue weighted by Gasteiger charge is 2.29. The molecule has 1 saturated heterocycles. The first-order valence-electron chi connectivity index (χ1n) is 7.84. The second kappa shape index (κ2) is 6.48. The fraction of sp³-hybridized carbons (Fsp3) is 0.588. The zero-order chi connectivity index (χ0) is 14.7. The smallest absolute Gasteiger partial charge is 0.323 e. The Balaban J connectivity index is 1.61. The largest absolute Gasteiger partial charge is 0.493 e. The number of ether oxygens (including phenoxy) is 2. The Kier molecular flexibility index (Phi) is 4.44. The fourth-order valence-electron chi connectivity index (χ4n) is 3.33. The number of carbonyl (C=O) groups is 1. The van der Waals surface area contributed by atoms with Gasteiger partial charge in [0, 0.05) is 13.0 Å². The predicted octanol–water partition coefficient (Wildman–Crippen LogP) is 2.19. The van der Waals surface area contributed by atoms with Crippen LogP contribution in [0.25, 0.3) is 0 Å². The average Bonchev–Trinajstić information content (AvgIpc) is 3.00. The lowest BCUT2D eigenvalue weighted by Gasteiger charge is -2.33. The Morgan fingerprint density at radius 3 is 3.19 bits per heavy atom. The molecule has 2 heterocycles. The Bertz CT molecular complexity index is 515. The van der Waals surface area contributed by atoms with Crippen molar-refractivity contribution in [3.05, 3.63) is 29.3 Å². The third kappa shape index (κ3) is 3.21. The van der Waals surface area contributed by atoms with Crippen LogP contribution in [-0.2, 0) is 22.4 Å². The van der Waals surface area contributed by atoms with Gasteiger partial charge in [0.25, 0.3) is 0 Å². The molecule has 1 atom stereocenters. The van der Waals surface area contributed by atoms with Gasteiger partial charge in [-0.15, -0.1) is 0 Å². The number of carbonyl (C=O) groups excluding carboxylic acids is 1. The van der Waals surface area contributed by atoms with Crippen molar-refractivity contribution >= 4 is 5.97 Å². The van der Waals surface area contributed by atoms with E-state index in [9.17, 15) is 4.79 Å². The molecule has 3 rings (SSSR count). The summed E-state index contributed by atoms with van der Waals surface area (Å²) < 4.78 is 10.5. The van der Waals surface area contributed by atoms with E-state index in [1.54, 1.807) is 0 Å². The number of hydrogen-bond acceptors (Lipinski definition) is 4. The average molecular weight is 289 g/mol. The zero-order valence-corrected chi connectivity index (χ0v) is 12.6. The molecule has 4 heteroatoms. The molecule has 2 aliphatic heterocycles. The number of piperidine rings is 1. The zero-order valence-electron chi connectivity index (χ0n) is 12.6. The molecule has 1 aromatic carbocycles. The third-order valence-corrected chi connectivity index (χ3v) is 4.53. The summed E-state index contributed by atoms with van der Waals surface area (Å²) in [5, 5.41) is 0. The van der Waals surface area contributed by atoms with Gasteiger partial charge in [-0.1, -0.05) is 18.6 Å². The summed E-state index contributed by atoms with van der Waals surface area (Å²) in [5.41, 5.74) is 2.64. The van der Waals surface area contributed by atoms with Crippen molar-refractivity contribution in [1.29, 1.82) is 0 Å². The lowest BCUT2D eigenvalue weighted by molar-refractivity contribution is -0.148. The van der Waals surface area contributed by atoms with Crippen LogP contribution in [-0.4, -0.2) is 43.7 Å². The predicted molar refractivity (Wildman–Crippen MR) is 80.6 cm³/mol. The molecule has 0 aliphatic carbocycles. The second-order valence-electron chi connectivity index (χ2n) is 5.86. The van der Waals surface area contributed by atoms with Crippen LogP contribution >= 0.6 is 0 Å². The summed E-state index contributed by atoms with van der Waals surface area (Å²) in [6, 6.07) is 6.41. The van der Waals surface area contributed by atoms with Crippen molar-refractivity contribution in [3.8, 4) is 5.75 Å². The van der Waals surface area contributed by atoms with Gasteiger partial charge in [0.05, 0.1) is 13.7 Å². The molecule has 1 fully saturated rings. The normalized spacial score (nSPS) is 21.7. The van der Waals surface area contributed by atoms with Crippen LogP contribution in [0.2, 0.25) is 0 Å². The van der Waals surface area contributed by atoms with Gasteiger partial charge in [-0.25, -0.2) is 0 Å². The highest BCUT2D eigenvalue weighted by atomic mass is 16.5. The van der Waals surface area contributed by atoms with E-state index in [0.29, 0.717) is 0 Å². The van der Waals surface area contributed by atoms with E-state index in [1.165, 1.54) is 24.7 Å². The molecule has 0 saturated carbocycles. The lowest BCUT2D eigenvalue weighted by Crippen LogP contribution is -2.46. The van der Waals surface area contributed by atoms with Crippen molar-refractivity contribution < 1.29 is 14.3 Å². The number of rotatable bonds is 4. The molecule has 0 radical (unpaired) electrons. The lowest BCUT2D eigenvalue weighted by atomic mass is 10.0. The number of likely N-dealkylation sites (tertiary alicyclic amines) is 1. The van der Waals surface area contributed by atoms with Crippen LogP contribution in [0.5, 0.6) is 5.75 Å². The van der Waals surface area contributed by atoms with Crippen molar-refractivity contribution in [2.75, 3.05) is 26.8 Å².